The van der Waals surface area contributed by atoms with Crippen molar-refractivity contribution in [2.24, 2.45) is 4.99 Å². The largest absolute Gasteiger partial charge is 0.291 e. The SMILES string of the molecule is CC(C)N(Cc1nnc2n1-c1cc([N+](=O)[O-])ccc1C(c1ccccc1)=NC2)C(C)C. The number of nitro benzene ring substituents is 1. The Morgan fingerprint density at radius 3 is 2.42 bits per heavy atom. The van der Waals surface area contributed by atoms with Crippen LogP contribution in [0.1, 0.15) is 50.5 Å². The van der Waals surface area contributed by atoms with Gasteiger partial charge in [0.2, 0.25) is 0 Å². The normalized spacial score (nSPS) is 13.2. The quantitative estimate of drug-likeness (QED) is 0.443. The van der Waals surface area contributed by atoms with Gasteiger partial charge in [-0.25, -0.2) is 0 Å². The summed E-state index contributed by atoms with van der Waals surface area (Å²) in [6.45, 7) is 9.53. The summed E-state index contributed by atoms with van der Waals surface area (Å²) >= 11 is 0. The van der Waals surface area contributed by atoms with E-state index < -0.39 is 0 Å². The molecule has 0 atom stereocenters. The van der Waals surface area contributed by atoms with E-state index in [0.29, 0.717) is 36.7 Å². The minimum atomic E-state index is -0.372. The van der Waals surface area contributed by atoms with Gasteiger partial charge in [-0.15, -0.1) is 10.2 Å². The van der Waals surface area contributed by atoms with Crippen molar-refractivity contribution in [3.05, 3.63) is 81.4 Å². The summed E-state index contributed by atoms with van der Waals surface area (Å²) in [5.41, 5.74) is 3.31. The number of hydrogen-bond donors (Lipinski definition) is 0. The predicted molar refractivity (Wildman–Crippen MR) is 120 cm³/mol. The van der Waals surface area contributed by atoms with Gasteiger partial charge in [0.05, 0.1) is 22.9 Å². The van der Waals surface area contributed by atoms with E-state index in [4.69, 9.17) is 4.99 Å². The van der Waals surface area contributed by atoms with Crippen molar-refractivity contribution in [1.29, 1.82) is 0 Å². The van der Waals surface area contributed by atoms with Crippen molar-refractivity contribution < 1.29 is 4.92 Å². The van der Waals surface area contributed by atoms with Gasteiger partial charge in [0.1, 0.15) is 6.54 Å². The van der Waals surface area contributed by atoms with Gasteiger partial charge in [-0.3, -0.25) is 24.6 Å². The molecular formula is C23H26N6O2. The summed E-state index contributed by atoms with van der Waals surface area (Å²) in [5, 5.41) is 20.4. The third kappa shape index (κ3) is 3.98. The lowest BCUT2D eigenvalue weighted by molar-refractivity contribution is -0.384. The minimum Gasteiger partial charge on any atom is -0.291 e. The van der Waals surface area contributed by atoms with E-state index in [-0.39, 0.29) is 10.6 Å². The first kappa shape index (κ1) is 20.9. The number of nitrogens with zero attached hydrogens (tertiary/aromatic N) is 6. The van der Waals surface area contributed by atoms with Gasteiger partial charge in [0, 0.05) is 35.3 Å². The number of aliphatic imine (C=N–C) groups is 1. The highest BCUT2D eigenvalue weighted by Gasteiger charge is 2.26. The molecule has 0 aliphatic carbocycles. The highest BCUT2D eigenvalue weighted by Crippen LogP contribution is 2.29. The summed E-state index contributed by atoms with van der Waals surface area (Å²) in [6.07, 6.45) is 0. The second-order valence-electron chi connectivity index (χ2n) is 8.22. The van der Waals surface area contributed by atoms with Gasteiger partial charge in [0.15, 0.2) is 11.6 Å². The number of hydrogen-bond acceptors (Lipinski definition) is 6. The van der Waals surface area contributed by atoms with Crippen molar-refractivity contribution in [3.8, 4) is 5.69 Å². The van der Waals surface area contributed by atoms with Crippen molar-refractivity contribution in [3.63, 3.8) is 0 Å². The third-order valence-corrected chi connectivity index (χ3v) is 5.56. The Bertz CT molecular complexity index is 1130. The molecule has 0 radical (unpaired) electrons. The van der Waals surface area contributed by atoms with Crippen LogP contribution in [0.4, 0.5) is 5.69 Å². The first-order valence-electron chi connectivity index (χ1n) is 10.4. The molecule has 3 aromatic rings. The molecule has 160 valence electrons. The Balaban J connectivity index is 1.89. The molecule has 8 nitrogen and oxygen atoms in total. The summed E-state index contributed by atoms with van der Waals surface area (Å²) in [4.78, 5) is 18.3. The van der Waals surface area contributed by atoms with Crippen LogP contribution >= 0.6 is 0 Å². The molecule has 2 aromatic carbocycles. The summed E-state index contributed by atoms with van der Waals surface area (Å²) < 4.78 is 1.94. The molecule has 4 rings (SSSR count). The molecule has 1 aliphatic rings. The zero-order chi connectivity index (χ0) is 22.1. The molecular weight excluding hydrogens is 392 g/mol. The molecule has 2 heterocycles. The van der Waals surface area contributed by atoms with Crippen LogP contribution in [0.15, 0.2) is 53.5 Å². The summed E-state index contributed by atoms with van der Waals surface area (Å²) in [7, 11) is 0. The van der Waals surface area contributed by atoms with E-state index in [1.165, 1.54) is 6.07 Å². The van der Waals surface area contributed by atoms with E-state index in [1.807, 2.05) is 34.9 Å². The number of non-ortho nitro benzene ring substituents is 1. The van der Waals surface area contributed by atoms with E-state index in [2.05, 4.69) is 42.8 Å². The first-order valence-corrected chi connectivity index (χ1v) is 10.4. The van der Waals surface area contributed by atoms with Gasteiger partial charge < -0.3 is 0 Å². The van der Waals surface area contributed by atoms with Crippen LogP contribution in [0, 0.1) is 10.1 Å². The lowest BCUT2D eigenvalue weighted by Crippen LogP contribution is -2.37. The molecule has 0 saturated heterocycles. The van der Waals surface area contributed by atoms with E-state index >= 15 is 0 Å². The highest BCUT2D eigenvalue weighted by atomic mass is 16.6. The standard InChI is InChI=1S/C23H26N6O2/c1-15(2)27(16(3)4)14-22-26-25-21-13-24-23(17-8-6-5-7-9-17)19-11-10-18(29(30)31)12-20(19)28(21)22/h5-12,15-16H,13-14H2,1-4H3. The van der Waals surface area contributed by atoms with Crippen molar-refractivity contribution in [1.82, 2.24) is 19.7 Å². The maximum atomic E-state index is 11.5. The van der Waals surface area contributed by atoms with Gasteiger partial charge >= 0.3 is 0 Å². The molecule has 0 fully saturated rings. The third-order valence-electron chi connectivity index (χ3n) is 5.56. The number of aromatic nitrogens is 3. The highest BCUT2D eigenvalue weighted by molar-refractivity contribution is 6.15. The van der Waals surface area contributed by atoms with Crippen LogP contribution in [0.25, 0.3) is 5.69 Å². The predicted octanol–water partition coefficient (Wildman–Crippen LogP) is 4.15. The number of benzene rings is 2. The molecule has 0 saturated carbocycles. The molecule has 0 amide bonds. The molecule has 0 spiro atoms. The van der Waals surface area contributed by atoms with Crippen LogP contribution in [0.2, 0.25) is 0 Å². The monoisotopic (exact) mass is 418 g/mol. The average molecular weight is 419 g/mol. The Morgan fingerprint density at radius 1 is 1.06 bits per heavy atom. The molecule has 0 N–H and O–H groups in total. The molecule has 1 aliphatic heterocycles. The molecule has 1 aromatic heterocycles. The second-order valence-corrected chi connectivity index (χ2v) is 8.22. The zero-order valence-corrected chi connectivity index (χ0v) is 18.2. The fourth-order valence-electron chi connectivity index (χ4n) is 4.06. The van der Waals surface area contributed by atoms with Crippen molar-refractivity contribution in [2.45, 2.75) is 52.9 Å². The van der Waals surface area contributed by atoms with Gasteiger partial charge in [-0.2, -0.15) is 0 Å². The first-order chi connectivity index (χ1) is 14.9. The fourth-order valence-corrected chi connectivity index (χ4v) is 4.06. The van der Waals surface area contributed by atoms with E-state index in [9.17, 15) is 10.1 Å². The van der Waals surface area contributed by atoms with Crippen molar-refractivity contribution >= 4 is 11.4 Å². The lowest BCUT2D eigenvalue weighted by Gasteiger charge is -2.30. The number of fused-ring (bicyclic) bond motifs is 3. The average Bonchev–Trinajstić information content (AvgIpc) is 3.07. The molecule has 0 bridgehead atoms. The smallest absolute Gasteiger partial charge is 0.271 e. The zero-order valence-electron chi connectivity index (χ0n) is 18.2. The maximum Gasteiger partial charge on any atom is 0.271 e. The summed E-state index contributed by atoms with van der Waals surface area (Å²) in [5.74, 6) is 1.43. The summed E-state index contributed by atoms with van der Waals surface area (Å²) in [6, 6.07) is 15.4. The Hall–Kier alpha value is -3.39. The Kier molecular flexibility index (Phi) is 5.65. The van der Waals surface area contributed by atoms with Crippen LogP contribution in [-0.4, -0.2) is 42.4 Å². The topological polar surface area (TPSA) is 89.5 Å². The lowest BCUT2D eigenvalue weighted by atomic mass is 10.00. The number of nitro groups is 1. The number of rotatable bonds is 6. The van der Waals surface area contributed by atoms with Crippen LogP contribution in [0.3, 0.4) is 0 Å². The molecule has 0 unspecified atom stereocenters. The van der Waals surface area contributed by atoms with Crippen LogP contribution in [0.5, 0.6) is 0 Å². The van der Waals surface area contributed by atoms with Crippen molar-refractivity contribution in [2.75, 3.05) is 0 Å². The Morgan fingerprint density at radius 2 is 1.77 bits per heavy atom. The van der Waals surface area contributed by atoms with E-state index in [1.54, 1.807) is 12.1 Å². The fraction of sp³-hybridized carbons (Fsp3) is 0.348. The molecule has 31 heavy (non-hydrogen) atoms. The maximum absolute atomic E-state index is 11.5. The van der Waals surface area contributed by atoms with Crippen LogP contribution in [-0.2, 0) is 13.1 Å². The van der Waals surface area contributed by atoms with Gasteiger partial charge in [0.25, 0.3) is 5.69 Å². The van der Waals surface area contributed by atoms with Crippen LogP contribution < -0.4 is 0 Å². The van der Waals surface area contributed by atoms with E-state index in [0.717, 1.165) is 22.7 Å². The van der Waals surface area contributed by atoms with Gasteiger partial charge in [-0.1, -0.05) is 30.3 Å². The van der Waals surface area contributed by atoms with Gasteiger partial charge in [-0.05, 0) is 33.8 Å². The molecule has 8 heteroatoms. The Labute approximate surface area is 181 Å². The second kappa shape index (κ2) is 8.39. The minimum absolute atomic E-state index is 0.0308.